The molecule has 1 saturated carbocycles. The molecular formula is C17H32N2O. The molecule has 3 atom stereocenters. The highest BCUT2D eigenvalue weighted by molar-refractivity contribution is 5.84. The third-order valence-corrected chi connectivity index (χ3v) is 5.07. The molecule has 2 rings (SSSR count). The number of rotatable bonds is 6. The van der Waals surface area contributed by atoms with Crippen LogP contribution in [0.5, 0.6) is 0 Å². The molecule has 20 heavy (non-hydrogen) atoms. The van der Waals surface area contributed by atoms with E-state index in [1.54, 1.807) is 0 Å². The van der Waals surface area contributed by atoms with E-state index in [-0.39, 0.29) is 12.2 Å². The van der Waals surface area contributed by atoms with Gasteiger partial charge in [-0.15, -0.1) is 0 Å². The smallest absolute Gasteiger partial charge is 0.241 e. The highest BCUT2D eigenvalue weighted by atomic mass is 16.2. The number of nitrogens with zero attached hydrogens (tertiary/aromatic N) is 1. The minimum Gasteiger partial charge on any atom is -0.323 e. The summed E-state index contributed by atoms with van der Waals surface area (Å²) in [5.41, 5.74) is 0. The van der Waals surface area contributed by atoms with Crippen LogP contribution >= 0.6 is 0 Å². The van der Waals surface area contributed by atoms with E-state index in [9.17, 15) is 4.79 Å². The largest absolute Gasteiger partial charge is 0.323 e. The highest BCUT2D eigenvalue weighted by Gasteiger charge is 2.42. The standard InChI is InChI=1S/C17H32N2O/c1-5-8-15-17(20)19(16(18-15)11-12(2)3)13(4)14-9-6-7-10-14/h12-16,18H,5-11H2,1-4H3. The Balaban J connectivity index is 2.09. The summed E-state index contributed by atoms with van der Waals surface area (Å²) in [5, 5.41) is 3.60. The molecule has 1 heterocycles. The molecule has 0 radical (unpaired) electrons. The molecule has 1 amide bonds. The Morgan fingerprint density at radius 1 is 1.25 bits per heavy atom. The first-order chi connectivity index (χ1) is 9.54. The van der Waals surface area contributed by atoms with Crippen molar-refractivity contribution in [3.63, 3.8) is 0 Å². The molecule has 1 aliphatic carbocycles. The van der Waals surface area contributed by atoms with E-state index in [4.69, 9.17) is 0 Å². The second-order valence-corrected chi connectivity index (χ2v) is 7.18. The fourth-order valence-electron chi connectivity index (χ4n) is 3.99. The summed E-state index contributed by atoms with van der Waals surface area (Å²) in [6, 6.07) is 0.468. The van der Waals surface area contributed by atoms with Crippen molar-refractivity contribution in [3.05, 3.63) is 0 Å². The number of carbonyl (C=O) groups excluding carboxylic acids is 1. The zero-order chi connectivity index (χ0) is 14.7. The summed E-state index contributed by atoms with van der Waals surface area (Å²) in [4.78, 5) is 15.0. The molecular weight excluding hydrogens is 248 g/mol. The van der Waals surface area contributed by atoms with E-state index in [1.165, 1.54) is 25.7 Å². The molecule has 3 unspecified atom stereocenters. The van der Waals surface area contributed by atoms with Crippen LogP contribution in [0.25, 0.3) is 0 Å². The topological polar surface area (TPSA) is 32.3 Å². The number of amides is 1. The van der Waals surface area contributed by atoms with E-state index in [0.717, 1.165) is 25.2 Å². The first-order valence-electron chi connectivity index (χ1n) is 8.62. The van der Waals surface area contributed by atoms with Crippen molar-refractivity contribution >= 4 is 5.91 Å². The second-order valence-electron chi connectivity index (χ2n) is 7.18. The average molecular weight is 280 g/mol. The van der Waals surface area contributed by atoms with Gasteiger partial charge in [-0.05, 0) is 44.4 Å². The third-order valence-electron chi connectivity index (χ3n) is 5.07. The van der Waals surface area contributed by atoms with Gasteiger partial charge in [-0.25, -0.2) is 0 Å². The SMILES string of the molecule is CCCC1NC(CC(C)C)N(C(C)C2CCCC2)C1=O. The molecule has 1 N–H and O–H groups in total. The molecule has 2 aliphatic rings. The lowest BCUT2D eigenvalue weighted by Crippen LogP contribution is -2.46. The molecule has 0 aromatic heterocycles. The van der Waals surface area contributed by atoms with Gasteiger partial charge < -0.3 is 4.90 Å². The van der Waals surface area contributed by atoms with Crippen LogP contribution in [-0.2, 0) is 4.79 Å². The van der Waals surface area contributed by atoms with Gasteiger partial charge in [0.2, 0.25) is 5.91 Å². The molecule has 116 valence electrons. The van der Waals surface area contributed by atoms with Crippen molar-refractivity contribution in [2.45, 2.75) is 90.9 Å². The second kappa shape index (κ2) is 6.93. The molecule has 0 spiro atoms. The summed E-state index contributed by atoms with van der Waals surface area (Å²) in [5.74, 6) is 1.70. The summed E-state index contributed by atoms with van der Waals surface area (Å²) in [6.45, 7) is 8.93. The van der Waals surface area contributed by atoms with Crippen molar-refractivity contribution in [1.82, 2.24) is 10.2 Å². The van der Waals surface area contributed by atoms with E-state index < -0.39 is 0 Å². The summed E-state index contributed by atoms with van der Waals surface area (Å²) in [7, 11) is 0. The molecule has 0 bridgehead atoms. The fraction of sp³-hybridized carbons (Fsp3) is 0.941. The van der Waals surface area contributed by atoms with Crippen LogP contribution in [0, 0.1) is 11.8 Å². The van der Waals surface area contributed by atoms with Gasteiger partial charge in [0.05, 0.1) is 12.2 Å². The molecule has 2 fully saturated rings. The number of nitrogens with one attached hydrogen (secondary N) is 1. The van der Waals surface area contributed by atoms with Gasteiger partial charge in [0.15, 0.2) is 0 Å². The molecule has 0 aromatic rings. The van der Waals surface area contributed by atoms with Gasteiger partial charge in [-0.3, -0.25) is 10.1 Å². The number of hydrogen-bond donors (Lipinski definition) is 1. The van der Waals surface area contributed by atoms with Crippen LogP contribution in [0.1, 0.15) is 72.6 Å². The Morgan fingerprint density at radius 3 is 2.45 bits per heavy atom. The quantitative estimate of drug-likeness (QED) is 0.807. The van der Waals surface area contributed by atoms with Gasteiger partial charge in [0.25, 0.3) is 0 Å². The van der Waals surface area contributed by atoms with Gasteiger partial charge in [0, 0.05) is 6.04 Å². The van der Waals surface area contributed by atoms with Crippen LogP contribution in [0.4, 0.5) is 0 Å². The molecule has 3 heteroatoms. The fourth-order valence-corrected chi connectivity index (χ4v) is 3.99. The van der Waals surface area contributed by atoms with Crippen molar-refractivity contribution in [2.24, 2.45) is 11.8 Å². The Morgan fingerprint density at radius 2 is 1.90 bits per heavy atom. The molecule has 3 nitrogen and oxygen atoms in total. The number of hydrogen-bond acceptors (Lipinski definition) is 2. The zero-order valence-electron chi connectivity index (χ0n) is 13.7. The molecule has 1 aliphatic heterocycles. The van der Waals surface area contributed by atoms with Crippen molar-refractivity contribution in [2.75, 3.05) is 0 Å². The van der Waals surface area contributed by atoms with Crippen molar-refractivity contribution in [3.8, 4) is 0 Å². The Bertz CT molecular complexity index is 323. The minimum absolute atomic E-state index is 0.0626. The normalized spacial score (nSPS) is 29.6. The monoisotopic (exact) mass is 280 g/mol. The maximum Gasteiger partial charge on any atom is 0.241 e. The number of carbonyl (C=O) groups is 1. The molecule has 1 saturated heterocycles. The lowest BCUT2D eigenvalue weighted by molar-refractivity contribution is -0.133. The van der Waals surface area contributed by atoms with E-state index in [1.807, 2.05) is 0 Å². The van der Waals surface area contributed by atoms with Gasteiger partial charge in [-0.1, -0.05) is 40.0 Å². The van der Waals surface area contributed by atoms with Gasteiger partial charge in [0.1, 0.15) is 0 Å². The first kappa shape index (κ1) is 15.8. The van der Waals surface area contributed by atoms with Crippen LogP contribution in [0.2, 0.25) is 0 Å². The maximum absolute atomic E-state index is 12.7. The Kier molecular flexibility index (Phi) is 5.48. The van der Waals surface area contributed by atoms with Crippen LogP contribution in [-0.4, -0.2) is 29.1 Å². The van der Waals surface area contributed by atoms with Crippen LogP contribution < -0.4 is 5.32 Å². The predicted molar refractivity (Wildman–Crippen MR) is 83.3 cm³/mol. The van der Waals surface area contributed by atoms with E-state index >= 15 is 0 Å². The third kappa shape index (κ3) is 3.36. The Hall–Kier alpha value is -0.570. The lowest BCUT2D eigenvalue weighted by Gasteiger charge is -2.35. The molecule has 0 aromatic carbocycles. The summed E-state index contributed by atoms with van der Waals surface area (Å²) >= 11 is 0. The summed E-state index contributed by atoms with van der Waals surface area (Å²) < 4.78 is 0. The lowest BCUT2D eigenvalue weighted by atomic mass is 9.96. The first-order valence-corrected chi connectivity index (χ1v) is 8.62. The van der Waals surface area contributed by atoms with Gasteiger partial charge >= 0.3 is 0 Å². The summed E-state index contributed by atoms with van der Waals surface area (Å²) in [6.07, 6.45) is 8.67. The average Bonchev–Trinajstić information content (AvgIpc) is 2.99. The predicted octanol–water partition coefficient (Wildman–Crippen LogP) is 3.54. The maximum atomic E-state index is 12.7. The van der Waals surface area contributed by atoms with Crippen molar-refractivity contribution < 1.29 is 4.79 Å². The van der Waals surface area contributed by atoms with Crippen molar-refractivity contribution in [1.29, 1.82) is 0 Å². The zero-order valence-corrected chi connectivity index (χ0v) is 13.7. The van der Waals surface area contributed by atoms with Crippen LogP contribution in [0.15, 0.2) is 0 Å². The van der Waals surface area contributed by atoms with E-state index in [2.05, 4.69) is 37.9 Å². The Labute approximate surface area is 124 Å². The minimum atomic E-state index is 0.0626. The van der Waals surface area contributed by atoms with Gasteiger partial charge in [-0.2, -0.15) is 0 Å². The van der Waals surface area contributed by atoms with E-state index in [0.29, 0.717) is 17.9 Å². The highest BCUT2D eigenvalue weighted by Crippen LogP contribution is 2.33. The van der Waals surface area contributed by atoms with Crippen LogP contribution in [0.3, 0.4) is 0 Å².